The van der Waals surface area contributed by atoms with E-state index < -0.39 is 16.8 Å². The maximum atomic E-state index is 12.4. The van der Waals surface area contributed by atoms with E-state index in [1.165, 1.54) is 11.3 Å². The number of aromatic nitrogens is 2. The first-order valence-electron chi connectivity index (χ1n) is 14.9. The van der Waals surface area contributed by atoms with Crippen molar-refractivity contribution in [2.75, 3.05) is 0 Å². The fourth-order valence-electron chi connectivity index (χ4n) is 6.31. The van der Waals surface area contributed by atoms with Crippen molar-refractivity contribution in [2.24, 2.45) is 0 Å². The Balaban J connectivity index is 0.000000169. The third-order valence-corrected chi connectivity index (χ3v) is 10.5. The minimum absolute atomic E-state index is 0.0466. The molecule has 1 N–H and O–H groups in total. The van der Waals surface area contributed by atoms with Crippen LogP contribution in [0.5, 0.6) is 0 Å². The molecule has 14 heteroatoms. The molecule has 6 rings (SSSR count). The number of aliphatic hydroxyl groups is 1. The monoisotopic (exact) mass is 776 g/mol. The highest BCUT2D eigenvalue weighted by Gasteiger charge is 2.52. The molecule has 4 fully saturated rings. The Kier molecular flexibility index (Phi) is 11.2. The third kappa shape index (κ3) is 9.23. The summed E-state index contributed by atoms with van der Waals surface area (Å²) in [6, 6.07) is 0.262. The first-order chi connectivity index (χ1) is 20.4. The SMILES string of the molecule is Brc1csc(Br)n1.CC(C)(C)OC(=O)N1C2CCC1CC(=O)C2.CC(C)(C)OC(=O)N1C2CCC1CC(O)(c1cscn1)C2. The van der Waals surface area contributed by atoms with Crippen molar-refractivity contribution in [3.63, 3.8) is 0 Å². The maximum absolute atomic E-state index is 12.4. The number of hydrogen-bond acceptors (Lipinski definition) is 10. The van der Waals surface area contributed by atoms with Gasteiger partial charge in [0.2, 0.25) is 0 Å². The lowest BCUT2D eigenvalue weighted by Crippen LogP contribution is -2.53. The average molecular weight is 779 g/mol. The van der Waals surface area contributed by atoms with Gasteiger partial charge >= 0.3 is 12.2 Å². The Morgan fingerprint density at radius 3 is 1.73 bits per heavy atom. The molecule has 4 aliphatic heterocycles. The molecule has 4 bridgehead atoms. The van der Waals surface area contributed by atoms with E-state index in [1.807, 2.05) is 57.2 Å². The molecule has 0 radical (unpaired) electrons. The predicted molar refractivity (Wildman–Crippen MR) is 177 cm³/mol. The second-order valence-corrected chi connectivity index (χ2v) is 17.4. The van der Waals surface area contributed by atoms with Crippen molar-refractivity contribution in [3.05, 3.63) is 30.5 Å². The molecular formula is C30H42Br2N4O6S2. The smallest absolute Gasteiger partial charge is 0.410 e. The third-order valence-electron chi connectivity index (χ3n) is 7.88. The van der Waals surface area contributed by atoms with E-state index in [1.54, 1.807) is 21.7 Å². The van der Waals surface area contributed by atoms with Crippen molar-refractivity contribution in [1.82, 2.24) is 19.8 Å². The normalized spacial score (nSPS) is 27.6. The second kappa shape index (κ2) is 14.0. The highest BCUT2D eigenvalue weighted by Crippen LogP contribution is 2.46. The Hall–Kier alpha value is -1.61. The van der Waals surface area contributed by atoms with Crippen LogP contribution in [0.15, 0.2) is 24.8 Å². The molecule has 6 heterocycles. The minimum atomic E-state index is -0.898. The van der Waals surface area contributed by atoms with Crippen LogP contribution in [0.4, 0.5) is 9.59 Å². The lowest BCUT2D eigenvalue weighted by molar-refractivity contribution is -0.123. The summed E-state index contributed by atoms with van der Waals surface area (Å²) >= 11 is 9.47. The molecule has 2 aromatic heterocycles. The lowest BCUT2D eigenvalue weighted by Gasteiger charge is -2.43. The number of piperidine rings is 2. The van der Waals surface area contributed by atoms with E-state index in [9.17, 15) is 19.5 Å². The van der Waals surface area contributed by atoms with Gasteiger partial charge in [0.15, 0.2) is 3.92 Å². The molecular weight excluding hydrogens is 736 g/mol. The number of amides is 2. The van der Waals surface area contributed by atoms with Crippen molar-refractivity contribution in [3.8, 4) is 0 Å². The van der Waals surface area contributed by atoms with Gasteiger partial charge in [-0.2, -0.15) is 0 Å². The summed E-state index contributed by atoms with van der Waals surface area (Å²) in [6.45, 7) is 11.2. The first-order valence-corrected chi connectivity index (χ1v) is 18.3. The molecule has 10 nitrogen and oxygen atoms in total. The highest BCUT2D eigenvalue weighted by molar-refractivity contribution is 9.11. The minimum Gasteiger partial charge on any atom is -0.444 e. The van der Waals surface area contributed by atoms with E-state index in [0.29, 0.717) is 25.7 Å². The average Bonchev–Trinajstić information content (AvgIpc) is 3.66. The van der Waals surface area contributed by atoms with E-state index in [-0.39, 0.29) is 42.1 Å². The van der Waals surface area contributed by atoms with E-state index in [0.717, 1.165) is 39.9 Å². The van der Waals surface area contributed by atoms with Crippen LogP contribution in [-0.2, 0) is 19.9 Å². The molecule has 4 saturated heterocycles. The van der Waals surface area contributed by atoms with Gasteiger partial charge in [0.05, 0.1) is 11.2 Å². The highest BCUT2D eigenvalue weighted by atomic mass is 79.9. The molecule has 2 aromatic rings. The summed E-state index contributed by atoms with van der Waals surface area (Å²) in [4.78, 5) is 47.6. The van der Waals surface area contributed by atoms with Crippen molar-refractivity contribution in [1.29, 1.82) is 0 Å². The number of ether oxygens (including phenoxy) is 2. The molecule has 44 heavy (non-hydrogen) atoms. The fraction of sp³-hybridized carbons (Fsp3) is 0.700. The number of ketones is 1. The molecule has 4 atom stereocenters. The van der Waals surface area contributed by atoms with Gasteiger partial charge in [-0.15, -0.1) is 22.7 Å². The number of carbonyl (C=O) groups is 3. The number of carbonyl (C=O) groups excluding carboxylic acids is 3. The van der Waals surface area contributed by atoms with Crippen molar-refractivity contribution >= 4 is 72.5 Å². The zero-order chi connectivity index (χ0) is 32.4. The van der Waals surface area contributed by atoms with Crippen LogP contribution in [0, 0.1) is 0 Å². The van der Waals surface area contributed by atoms with E-state index >= 15 is 0 Å². The van der Waals surface area contributed by atoms with Gasteiger partial charge in [-0.05, 0) is 99.1 Å². The maximum Gasteiger partial charge on any atom is 0.410 e. The largest absolute Gasteiger partial charge is 0.444 e. The molecule has 244 valence electrons. The zero-order valence-corrected chi connectivity index (χ0v) is 30.9. The van der Waals surface area contributed by atoms with Crippen LogP contribution in [0.1, 0.15) is 98.6 Å². The molecule has 0 aliphatic carbocycles. The summed E-state index contributed by atoms with van der Waals surface area (Å²) < 4.78 is 12.7. The Morgan fingerprint density at radius 2 is 1.36 bits per heavy atom. The number of rotatable bonds is 1. The van der Waals surface area contributed by atoms with Gasteiger partial charge in [0, 0.05) is 60.6 Å². The molecule has 0 aromatic carbocycles. The van der Waals surface area contributed by atoms with E-state index in [4.69, 9.17) is 9.47 Å². The first kappa shape index (κ1) is 35.2. The van der Waals surface area contributed by atoms with Crippen LogP contribution in [0.25, 0.3) is 0 Å². The summed E-state index contributed by atoms with van der Waals surface area (Å²) in [7, 11) is 0. The zero-order valence-electron chi connectivity index (χ0n) is 26.0. The lowest BCUT2D eigenvalue weighted by atomic mass is 9.84. The van der Waals surface area contributed by atoms with Crippen LogP contribution in [0.2, 0.25) is 0 Å². The van der Waals surface area contributed by atoms with Crippen molar-refractivity contribution < 1.29 is 29.0 Å². The number of fused-ring (bicyclic) bond motifs is 4. The van der Waals surface area contributed by atoms with Crippen LogP contribution in [-0.4, -0.2) is 78.2 Å². The summed E-state index contributed by atoms with van der Waals surface area (Å²) in [6.07, 6.45) is 5.34. The van der Waals surface area contributed by atoms with Crippen LogP contribution in [0.3, 0.4) is 0 Å². The Labute approximate surface area is 284 Å². The Morgan fingerprint density at radius 1 is 0.886 bits per heavy atom. The van der Waals surface area contributed by atoms with Crippen LogP contribution >= 0.6 is 54.5 Å². The van der Waals surface area contributed by atoms with Gasteiger partial charge in [-0.3, -0.25) is 4.79 Å². The van der Waals surface area contributed by atoms with Gasteiger partial charge < -0.3 is 24.4 Å². The van der Waals surface area contributed by atoms with Gasteiger partial charge in [-0.1, -0.05) is 0 Å². The summed E-state index contributed by atoms with van der Waals surface area (Å²) in [5, 5.41) is 14.7. The molecule has 0 spiro atoms. The number of halogens is 2. The van der Waals surface area contributed by atoms with Gasteiger partial charge in [-0.25, -0.2) is 19.6 Å². The van der Waals surface area contributed by atoms with Crippen molar-refractivity contribution in [2.45, 2.75) is 134 Å². The standard InChI is InChI=1S/C15H22N2O3S.C12H19NO3.C3HBr2NS/c1-14(2,3)20-13(18)17-10-4-5-11(17)7-15(19,6-10)12-8-21-9-16-12;1-12(2,3)16-11(15)13-8-4-5-9(13)7-10(14)6-8;4-2-1-7-3(5)6-2/h8-11,19H,4-7H2,1-3H3;8-9H,4-7H2,1-3H3;1H. The number of thiazole rings is 2. The number of nitrogens with zero attached hydrogens (tertiary/aromatic N) is 4. The molecule has 0 saturated carbocycles. The molecule has 2 amide bonds. The van der Waals surface area contributed by atoms with E-state index in [2.05, 4.69) is 41.8 Å². The predicted octanol–water partition coefficient (Wildman–Crippen LogP) is 7.68. The Bertz CT molecular complexity index is 1260. The number of hydrogen-bond donors (Lipinski definition) is 1. The fourth-order valence-corrected chi connectivity index (χ4v) is 8.63. The van der Waals surface area contributed by atoms with Gasteiger partial charge in [0.25, 0.3) is 0 Å². The number of Topliss-reactive ketones (excluding diaryl/α,β-unsaturated/α-hetero) is 1. The van der Waals surface area contributed by atoms with Gasteiger partial charge in [0.1, 0.15) is 27.2 Å². The summed E-state index contributed by atoms with van der Waals surface area (Å²) in [5.41, 5.74) is 0.644. The summed E-state index contributed by atoms with van der Waals surface area (Å²) in [5.74, 6) is 0.285. The second-order valence-electron chi connectivity index (χ2n) is 13.7. The quantitative estimate of drug-likeness (QED) is 0.313. The molecule has 4 aliphatic rings. The topological polar surface area (TPSA) is 122 Å². The molecule has 4 unspecified atom stereocenters. The van der Waals surface area contributed by atoms with Crippen LogP contribution < -0.4 is 0 Å².